The highest BCUT2D eigenvalue weighted by Gasteiger charge is 2.17. The van der Waals surface area contributed by atoms with Crippen molar-refractivity contribution in [2.75, 3.05) is 4.90 Å². The van der Waals surface area contributed by atoms with Gasteiger partial charge in [-0.1, -0.05) is 137 Å². The molecule has 0 radical (unpaired) electrons. The molecule has 236 valence electrons. The van der Waals surface area contributed by atoms with Crippen LogP contribution >= 0.6 is 23.1 Å². The number of fused-ring (bicyclic) bond motifs is 1. The van der Waals surface area contributed by atoms with E-state index >= 15 is 0 Å². The van der Waals surface area contributed by atoms with Gasteiger partial charge in [0.15, 0.2) is 0 Å². The smallest absolute Gasteiger partial charge is 0.0458 e. The lowest BCUT2D eigenvalue weighted by atomic mass is 10.0. The molecule has 5 aromatic rings. The van der Waals surface area contributed by atoms with Crippen LogP contribution in [0.5, 0.6) is 0 Å². The number of hydrogen-bond acceptors (Lipinski definition) is 3. The molecule has 46 heavy (non-hydrogen) atoms. The monoisotopic (exact) mass is 641 g/mol. The maximum atomic E-state index is 2.45. The van der Waals surface area contributed by atoms with Crippen LogP contribution in [-0.4, -0.2) is 0 Å². The first-order valence-electron chi connectivity index (χ1n) is 16.6. The van der Waals surface area contributed by atoms with Crippen molar-refractivity contribution in [3.05, 3.63) is 166 Å². The second kappa shape index (κ2) is 18.2. The summed E-state index contributed by atoms with van der Waals surface area (Å²) in [5.41, 5.74) is 7.58. The molecule has 4 aromatic carbocycles. The number of thiophene rings is 1. The van der Waals surface area contributed by atoms with Crippen molar-refractivity contribution in [1.29, 1.82) is 0 Å². The SMILES string of the molecule is CC.CC.CCc1sc2ccccc2c1\C=C(Sc1ccccc1C)/C1=C/C=C(/N(c2ccccc2)c2ccccc2)CC=CC1. The molecule has 1 aliphatic carbocycles. The summed E-state index contributed by atoms with van der Waals surface area (Å²) >= 11 is 3.81. The summed E-state index contributed by atoms with van der Waals surface area (Å²) in [6, 6.07) is 38.9. The quantitative estimate of drug-likeness (QED) is 0.122. The summed E-state index contributed by atoms with van der Waals surface area (Å²) < 4.78 is 1.36. The maximum absolute atomic E-state index is 2.45. The zero-order valence-electron chi connectivity index (χ0n) is 28.2. The maximum Gasteiger partial charge on any atom is 0.0458 e. The van der Waals surface area contributed by atoms with E-state index in [1.165, 1.54) is 58.5 Å². The Bertz CT molecular complexity index is 1750. The molecule has 0 saturated carbocycles. The van der Waals surface area contributed by atoms with E-state index < -0.39 is 0 Å². The highest BCUT2D eigenvalue weighted by Crippen LogP contribution is 2.41. The molecule has 0 spiro atoms. The topological polar surface area (TPSA) is 3.24 Å². The van der Waals surface area contributed by atoms with Gasteiger partial charge in [0.2, 0.25) is 0 Å². The van der Waals surface area contributed by atoms with Gasteiger partial charge in [-0.05, 0) is 85.0 Å². The Morgan fingerprint density at radius 1 is 0.717 bits per heavy atom. The van der Waals surface area contributed by atoms with Gasteiger partial charge in [-0.25, -0.2) is 0 Å². The van der Waals surface area contributed by atoms with E-state index in [2.05, 4.69) is 158 Å². The van der Waals surface area contributed by atoms with E-state index in [1.807, 2.05) is 50.8 Å². The van der Waals surface area contributed by atoms with Crippen LogP contribution in [-0.2, 0) is 6.42 Å². The summed E-state index contributed by atoms with van der Waals surface area (Å²) in [7, 11) is 0. The van der Waals surface area contributed by atoms with Crippen LogP contribution in [0.25, 0.3) is 16.2 Å². The highest BCUT2D eigenvalue weighted by atomic mass is 32.2. The van der Waals surface area contributed by atoms with Crippen LogP contribution in [0.4, 0.5) is 11.4 Å². The van der Waals surface area contributed by atoms with Gasteiger partial charge in [0.05, 0.1) is 0 Å². The highest BCUT2D eigenvalue weighted by molar-refractivity contribution is 8.03. The lowest BCUT2D eigenvalue weighted by Crippen LogP contribution is -2.16. The normalized spacial score (nSPS) is 15.1. The number of anilines is 2. The summed E-state index contributed by atoms with van der Waals surface area (Å²) in [6.07, 6.45) is 14.6. The van der Waals surface area contributed by atoms with E-state index in [1.54, 1.807) is 0 Å². The molecule has 1 nitrogen and oxygen atoms in total. The molecule has 3 heteroatoms. The second-order valence-electron chi connectivity index (χ2n) is 10.4. The number of para-hydroxylation sites is 2. The number of allylic oxidation sites excluding steroid dienone is 5. The predicted octanol–water partition coefficient (Wildman–Crippen LogP) is 14.0. The minimum absolute atomic E-state index is 0.868. The first-order valence-corrected chi connectivity index (χ1v) is 18.3. The third-order valence-corrected chi connectivity index (χ3v) is 10.2. The van der Waals surface area contributed by atoms with E-state index in [0.29, 0.717) is 0 Å². The molecule has 0 aliphatic heterocycles. The summed E-state index contributed by atoms with van der Waals surface area (Å²) in [5.74, 6) is 0. The number of rotatable bonds is 8. The summed E-state index contributed by atoms with van der Waals surface area (Å²) in [5, 5.41) is 1.35. The van der Waals surface area contributed by atoms with E-state index in [0.717, 1.165) is 19.3 Å². The molecule has 1 heterocycles. The number of hydrogen-bond donors (Lipinski definition) is 0. The predicted molar refractivity (Wildman–Crippen MR) is 208 cm³/mol. The standard InChI is InChI=1S/C39H35NS2.2C2H6/c1-3-36-35(34-23-13-15-25-38(34)41-36)28-39(42-37-24-14-10-16-29(37)2)30-17-11-12-22-33(27-26-30)40(31-18-6-4-7-19-31)32-20-8-5-9-21-32;2*1-2/h4-16,18-21,23-28H,3,17,22H2,1-2H3;2*1-2H3/b12-11?,30-26+,33-27+,39-28+;;. The van der Waals surface area contributed by atoms with Gasteiger partial charge >= 0.3 is 0 Å². The average Bonchev–Trinajstić information content (AvgIpc) is 3.47. The van der Waals surface area contributed by atoms with Gasteiger partial charge in [-0.3, -0.25) is 0 Å². The van der Waals surface area contributed by atoms with Crippen LogP contribution in [0.3, 0.4) is 0 Å². The molecule has 1 aromatic heterocycles. The van der Waals surface area contributed by atoms with Crippen molar-refractivity contribution in [2.24, 2.45) is 0 Å². The van der Waals surface area contributed by atoms with Crippen molar-refractivity contribution < 1.29 is 0 Å². The molecule has 0 saturated heterocycles. The fourth-order valence-corrected chi connectivity index (χ4v) is 7.57. The Labute approximate surface area is 285 Å². The molecule has 0 fully saturated rings. The molecule has 0 atom stereocenters. The largest absolute Gasteiger partial charge is 0.314 e. The fraction of sp³-hybridized carbons (Fsp3) is 0.209. The minimum Gasteiger partial charge on any atom is -0.314 e. The molecule has 0 unspecified atom stereocenters. The van der Waals surface area contributed by atoms with Gasteiger partial charge in [0.1, 0.15) is 0 Å². The average molecular weight is 642 g/mol. The van der Waals surface area contributed by atoms with Gasteiger partial charge in [-0.15, -0.1) is 11.3 Å². The molecule has 6 rings (SSSR count). The molecular formula is C43H47NS2. The fourth-order valence-electron chi connectivity index (χ4n) is 5.38. The van der Waals surface area contributed by atoms with Crippen LogP contribution in [0.1, 0.15) is 63.5 Å². The first kappa shape index (κ1) is 34.8. The van der Waals surface area contributed by atoms with Crippen molar-refractivity contribution >= 4 is 50.6 Å². The van der Waals surface area contributed by atoms with Gasteiger partial charge in [0.25, 0.3) is 0 Å². The Hall–Kier alpha value is -4.05. The third-order valence-electron chi connectivity index (χ3n) is 7.56. The van der Waals surface area contributed by atoms with Crippen LogP contribution in [0.2, 0.25) is 0 Å². The van der Waals surface area contributed by atoms with Crippen molar-refractivity contribution in [3.63, 3.8) is 0 Å². The molecule has 0 N–H and O–H groups in total. The second-order valence-corrected chi connectivity index (χ2v) is 12.6. The van der Waals surface area contributed by atoms with Gasteiger partial charge < -0.3 is 4.90 Å². The number of benzene rings is 4. The van der Waals surface area contributed by atoms with Gasteiger partial charge in [-0.2, -0.15) is 0 Å². The van der Waals surface area contributed by atoms with E-state index in [9.17, 15) is 0 Å². The summed E-state index contributed by atoms with van der Waals surface area (Å²) in [4.78, 5) is 6.42. The van der Waals surface area contributed by atoms with Crippen molar-refractivity contribution in [1.82, 2.24) is 0 Å². The third kappa shape index (κ3) is 8.60. The Kier molecular flexibility index (Phi) is 13.8. The number of thioether (sulfide) groups is 1. The number of aryl methyl sites for hydroxylation is 2. The van der Waals surface area contributed by atoms with Crippen LogP contribution in [0, 0.1) is 6.92 Å². The van der Waals surface area contributed by atoms with E-state index in [4.69, 9.17) is 0 Å². The van der Waals surface area contributed by atoms with E-state index in [-0.39, 0.29) is 0 Å². The molecule has 0 amide bonds. The number of nitrogens with zero attached hydrogens (tertiary/aromatic N) is 1. The Balaban J connectivity index is 0.00000116. The summed E-state index contributed by atoms with van der Waals surface area (Å²) in [6.45, 7) is 12.5. The van der Waals surface area contributed by atoms with Crippen molar-refractivity contribution in [2.45, 2.75) is 65.7 Å². The lowest BCUT2D eigenvalue weighted by Gasteiger charge is -2.28. The first-order chi connectivity index (χ1) is 22.7. The Morgan fingerprint density at radius 3 is 1.96 bits per heavy atom. The van der Waals surface area contributed by atoms with Crippen LogP contribution in [0.15, 0.2) is 155 Å². The zero-order valence-corrected chi connectivity index (χ0v) is 29.8. The zero-order chi connectivity index (χ0) is 32.7. The lowest BCUT2D eigenvalue weighted by molar-refractivity contribution is 1.06. The van der Waals surface area contributed by atoms with Gasteiger partial charge in [0, 0.05) is 48.3 Å². The molecule has 1 aliphatic rings. The Morgan fingerprint density at radius 2 is 1.30 bits per heavy atom. The minimum atomic E-state index is 0.868. The molecular weight excluding hydrogens is 595 g/mol. The van der Waals surface area contributed by atoms with Crippen LogP contribution < -0.4 is 4.90 Å². The molecule has 0 bridgehead atoms. The van der Waals surface area contributed by atoms with Crippen molar-refractivity contribution in [3.8, 4) is 0 Å².